The number of nitrogens with zero attached hydrogens (tertiary/aromatic N) is 3. The van der Waals surface area contributed by atoms with Crippen molar-refractivity contribution in [2.24, 2.45) is 5.73 Å². The first-order valence-corrected chi connectivity index (χ1v) is 8.47. The van der Waals surface area contributed by atoms with Crippen LogP contribution < -0.4 is 10.5 Å². The van der Waals surface area contributed by atoms with E-state index in [1.165, 1.54) is 4.68 Å². The van der Waals surface area contributed by atoms with Crippen LogP contribution in [-0.4, -0.2) is 15.7 Å². The SMILES string of the molecule is Cc1cc(Oc2c(C3CC3)nn(C(C)C(N)=O)c2Cl)cc(C)c1C#N. The van der Waals surface area contributed by atoms with E-state index in [2.05, 4.69) is 11.2 Å². The van der Waals surface area contributed by atoms with Crippen molar-refractivity contribution in [2.45, 2.75) is 45.6 Å². The summed E-state index contributed by atoms with van der Waals surface area (Å²) in [6, 6.07) is 5.13. The third-order valence-corrected chi connectivity index (χ3v) is 4.76. The predicted molar refractivity (Wildman–Crippen MR) is 93.8 cm³/mol. The van der Waals surface area contributed by atoms with E-state index in [0.29, 0.717) is 17.1 Å². The smallest absolute Gasteiger partial charge is 0.242 e. The lowest BCUT2D eigenvalue weighted by molar-refractivity contribution is -0.120. The molecule has 2 aromatic rings. The van der Waals surface area contributed by atoms with Gasteiger partial charge >= 0.3 is 0 Å². The van der Waals surface area contributed by atoms with Crippen LogP contribution in [0.2, 0.25) is 5.15 Å². The molecular weight excluding hydrogens is 340 g/mol. The lowest BCUT2D eigenvalue weighted by atomic mass is 10.0. The van der Waals surface area contributed by atoms with E-state index in [1.807, 2.05) is 13.8 Å². The number of primary amides is 1. The van der Waals surface area contributed by atoms with Crippen molar-refractivity contribution in [3.05, 3.63) is 39.7 Å². The highest BCUT2D eigenvalue weighted by Crippen LogP contribution is 2.48. The van der Waals surface area contributed by atoms with Crippen LogP contribution in [0, 0.1) is 25.2 Å². The molecule has 25 heavy (non-hydrogen) atoms. The number of amides is 1. The predicted octanol–water partition coefficient (Wildman–Crippen LogP) is 3.74. The molecule has 7 heteroatoms. The molecule has 0 aliphatic heterocycles. The molecule has 0 spiro atoms. The van der Waals surface area contributed by atoms with Gasteiger partial charge in [0.15, 0.2) is 10.9 Å². The fourth-order valence-electron chi connectivity index (χ4n) is 2.79. The van der Waals surface area contributed by atoms with Gasteiger partial charge in [-0.15, -0.1) is 0 Å². The van der Waals surface area contributed by atoms with Gasteiger partial charge in [0.1, 0.15) is 17.5 Å². The van der Waals surface area contributed by atoms with E-state index < -0.39 is 11.9 Å². The van der Waals surface area contributed by atoms with E-state index >= 15 is 0 Å². The van der Waals surface area contributed by atoms with Crippen LogP contribution in [0.4, 0.5) is 0 Å². The zero-order valence-electron chi connectivity index (χ0n) is 14.3. The molecule has 2 N–H and O–H groups in total. The van der Waals surface area contributed by atoms with Gasteiger partial charge in [0.25, 0.3) is 0 Å². The first-order valence-electron chi connectivity index (χ1n) is 8.09. The largest absolute Gasteiger partial charge is 0.452 e. The molecule has 0 radical (unpaired) electrons. The molecule has 1 saturated carbocycles. The van der Waals surface area contributed by atoms with Crippen molar-refractivity contribution in [1.29, 1.82) is 5.26 Å². The van der Waals surface area contributed by atoms with E-state index in [9.17, 15) is 10.1 Å². The topological polar surface area (TPSA) is 93.9 Å². The number of hydrogen-bond acceptors (Lipinski definition) is 4. The third kappa shape index (κ3) is 3.20. The monoisotopic (exact) mass is 358 g/mol. The highest BCUT2D eigenvalue weighted by atomic mass is 35.5. The minimum absolute atomic E-state index is 0.257. The molecular formula is C18H19ClN4O2. The zero-order valence-corrected chi connectivity index (χ0v) is 15.1. The maximum atomic E-state index is 11.5. The van der Waals surface area contributed by atoms with Crippen LogP contribution in [0.5, 0.6) is 11.5 Å². The second-order valence-corrected chi connectivity index (χ2v) is 6.81. The number of benzene rings is 1. The minimum Gasteiger partial charge on any atom is -0.452 e. The summed E-state index contributed by atoms with van der Waals surface area (Å²) in [5, 5.41) is 13.9. The third-order valence-electron chi connectivity index (χ3n) is 4.42. The highest BCUT2D eigenvalue weighted by Gasteiger charge is 2.34. The normalized spacial score (nSPS) is 14.8. The van der Waals surface area contributed by atoms with Crippen molar-refractivity contribution in [3.63, 3.8) is 0 Å². The van der Waals surface area contributed by atoms with Crippen molar-refractivity contribution in [1.82, 2.24) is 9.78 Å². The number of halogens is 1. The summed E-state index contributed by atoms with van der Waals surface area (Å²) in [6.45, 7) is 5.37. The Kier molecular flexibility index (Phi) is 4.44. The van der Waals surface area contributed by atoms with Crippen LogP contribution in [0.1, 0.15) is 54.1 Å². The van der Waals surface area contributed by atoms with E-state index in [4.69, 9.17) is 22.1 Å². The Hall–Kier alpha value is -2.52. The number of rotatable bonds is 5. The number of hydrogen-bond donors (Lipinski definition) is 1. The molecule has 130 valence electrons. The van der Waals surface area contributed by atoms with Gasteiger partial charge in [0.2, 0.25) is 5.91 Å². The molecule has 1 heterocycles. The molecule has 1 aromatic heterocycles. The number of aromatic nitrogens is 2. The molecule has 0 bridgehead atoms. The second-order valence-electron chi connectivity index (χ2n) is 6.45. The Morgan fingerprint density at radius 3 is 2.52 bits per heavy atom. The summed E-state index contributed by atoms with van der Waals surface area (Å²) in [4.78, 5) is 11.5. The molecule has 3 rings (SSSR count). The molecule has 6 nitrogen and oxygen atoms in total. The summed E-state index contributed by atoms with van der Waals surface area (Å²) in [5.74, 6) is 0.822. The molecule has 1 aliphatic carbocycles. The van der Waals surface area contributed by atoms with Gasteiger partial charge in [-0.05, 0) is 56.9 Å². The number of nitriles is 1. The Morgan fingerprint density at radius 1 is 1.44 bits per heavy atom. The van der Waals surface area contributed by atoms with Crippen molar-refractivity contribution < 1.29 is 9.53 Å². The van der Waals surface area contributed by atoms with Gasteiger partial charge in [-0.2, -0.15) is 10.4 Å². The zero-order chi connectivity index (χ0) is 18.3. The first kappa shape index (κ1) is 17.3. The second kappa shape index (κ2) is 6.41. The summed E-state index contributed by atoms with van der Waals surface area (Å²) >= 11 is 6.44. The van der Waals surface area contributed by atoms with Gasteiger partial charge in [-0.1, -0.05) is 11.6 Å². The Labute approximate surface area is 151 Å². The van der Waals surface area contributed by atoms with Crippen LogP contribution in [0.15, 0.2) is 12.1 Å². The van der Waals surface area contributed by atoms with Crippen LogP contribution in [0.3, 0.4) is 0 Å². The van der Waals surface area contributed by atoms with Crippen LogP contribution >= 0.6 is 11.6 Å². The Morgan fingerprint density at radius 2 is 2.04 bits per heavy atom. The standard InChI is InChI=1S/C18H19ClN4O2/c1-9-6-13(7-10(2)14(9)8-20)25-16-15(12-4-5-12)22-23(17(16)19)11(3)18(21)24/h6-7,11-12H,4-5H2,1-3H3,(H2,21,24). The molecule has 1 amide bonds. The van der Waals surface area contributed by atoms with Crippen molar-refractivity contribution in [3.8, 4) is 17.6 Å². The minimum atomic E-state index is -0.660. The number of ether oxygens (including phenoxy) is 1. The number of carbonyl (C=O) groups excluding carboxylic acids is 1. The van der Waals surface area contributed by atoms with Crippen molar-refractivity contribution in [2.75, 3.05) is 0 Å². The first-order chi connectivity index (χ1) is 11.8. The average Bonchev–Trinajstić information content (AvgIpc) is 3.33. The summed E-state index contributed by atoms with van der Waals surface area (Å²) in [7, 11) is 0. The molecule has 0 saturated heterocycles. The van der Waals surface area contributed by atoms with Crippen molar-refractivity contribution >= 4 is 17.5 Å². The average molecular weight is 359 g/mol. The number of carbonyl (C=O) groups is 1. The Balaban J connectivity index is 2.03. The van der Waals surface area contributed by atoms with E-state index in [-0.39, 0.29) is 11.1 Å². The van der Waals surface area contributed by atoms with Crippen LogP contribution in [0.25, 0.3) is 0 Å². The van der Waals surface area contributed by atoms with Gasteiger partial charge in [-0.25, -0.2) is 4.68 Å². The highest BCUT2D eigenvalue weighted by molar-refractivity contribution is 6.31. The summed E-state index contributed by atoms with van der Waals surface area (Å²) < 4.78 is 7.45. The molecule has 1 fully saturated rings. The van der Waals surface area contributed by atoms with Gasteiger partial charge in [-0.3, -0.25) is 4.79 Å². The molecule has 1 aliphatic rings. The van der Waals surface area contributed by atoms with E-state index in [0.717, 1.165) is 29.7 Å². The fourth-order valence-corrected chi connectivity index (χ4v) is 3.11. The summed E-state index contributed by atoms with van der Waals surface area (Å²) in [6.07, 6.45) is 2.03. The maximum Gasteiger partial charge on any atom is 0.242 e. The fraction of sp³-hybridized carbons (Fsp3) is 0.389. The van der Waals surface area contributed by atoms with Gasteiger partial charge < -0.3 is 10.5 Å². The quantitative estimate of drug-likeness (QED) is 0.880. The molecule has 1 unspecified atom stereocenters. The van der Waals surface area contributed by atoms with Gasteiger partial charge in [0.05, 0.1) is 11.6 Å². The summed E-state index contributed by atoms with van der Waals surface area (Å²) in [5.41, 5.74) is 8.43. The number of nitrogens with two attached hydrogens (primary N) is 1. The van der Waals surface area contributed by atoms with E-state index in [1.54, 1.807) is 19.1 Å². The number of aryl methyl sites for hydroxylation is 2. The lowest BCUT2D eigenvalue weighted by Crippen LogP contribution is -2.24. The maximum absolute atomic E-state index is 11.5. The van der Waals surface area contributed by atoms with Gasteiger partial charge in [0, 0.05) is 5.92 Å². The lowest BCUT2D eigenvalue weighted by Gasteiger charge is -2.11. The molecule has 1 atom stereocenters. The molecule has 1 aromatic carbocycles. The van der Waals surface area contributed by atoms with Crippen LogP contribution in [-0.2, 0) is 4.79 Å². The Bertz CT molecular complexity index is 870.